The summed E-state index contributed by atoms with van der Waals surface area (Å²) >= 11 is 0. The van der Waals surface area contributed by atoms with E-state index in [0.717, 1.165) is 31.4 Å². The molecule has 0 aliphatic heterocycles. The lowest BCUT2D eigenvalue weighted by atomic mass is 9.79. The molecule has 2 aliphatic carbocycles. The van der Waals surface area contributed by atoms with Gasteiger partial charge in [-0.15, -0.1) is 0 Å². The minimum Gasteiger partial charge on any atom is -0.326 e. The van der Waals surface area contributed by atoms with Crippen LogP contribution in [0.25, 0.3) is 0 Å². The second-order valence-electron chi connectivity index (χ2n) is 5.45. The minimum atomic E-state index is 0.0408. The monoisotopic (exact) mass is 255 g/mol. The number of anilines is 1. The summed E-state index contributed by atoms with van der Waals surface area (Å²) in [5.74, 6) is 0.119. The van der Waals surface area contributed by atoms with Crippen LogP contribution in [0.5, 0.6) is 0 Å². The van der Waals surface area contributed by atoms with Crippen LogP contribution >= 0.6 is 0 Å². The third kappa shape index (κ3) is 2.41. The van der Waals surface area contributed by atoms with Crippen LogP contribution in [0, 0.1) is 17.4 Å². The van der Waals surface area contributed by atoms with Crippen LogP contribution in [0.1, 0.15) is 30.4 Å². The molecule has 0 unspecified atom stereocenters. The quantitative estimate of drug-likeness (QED) is 0.641. The summed E-state index contributed by atoms with van der Waals surface area (Å²) in [5, 5.41) is 14.2. The second kappa shape index (κ2) is 4.93. The van der Waals surface area contributed by atoms with E-state index in [1.165, 1.54) is 17.5 Å². The number of nitrogens with one attached hydrogen (secondary N) is 2. The number of aryl methyl sites for hydroxylation is 2. The number of amides is 1. The molecule has 0 radical (unpaired) electrons. The van der Waals surface area contributed by atoms with Crippen LogP contribution in [0.4, 0.5) is 5.69 Å². The van der Waals surface area contributed by atoms with Gasteiger partial charge in [-0.25, -0.2) is 0 Å². The number of carbonyl (C=O) groups excluding carboxylic acids is 1. The Morgan fingerprint density at radius 1 is 1.26 bits per heavy atom. The van der Waals surface area contributed by atoms with E-state index in [0.29, 0.717) is 0 Å². The van der Waals surface area contributed by atoms with E-state index in [4.69, 9.17) is 5.26 Å². The number of fused-ring (bicyclic) bond motifs is 1. The molecule has 2 N–H and O–H groups in total. The average molecular weight is 255 g/mol. The molecule has 0 saturated heterocycles. The topological polar surface area (TPSA) is 64.9 Å². The van der Waals surface area contributed by atoms with Crippen molar-refractivity contribution < 1.29 is 4.79 Å². The van der Waals surface area contributed by atoms with Crippen LogP contribution in [0.2, 0.25) is 0 Å². The van der Waals surface area contributed by atoms with Gasteiger partial charge in [0.2, 0.25) is 5.91 Å². The molecule has 98 valence electrons. The highest BCUT2D eigenvalue weighted by atomic mass is 16.1. The minimum absolute atomic E-state index is 0.0408. The molecule has 0 atom stereocenters. The fourth-order valence-electron chi connectivity index (χ4n) is 2.93. The van der Waals surface area contributed by atoms with Crippen molar-refractivity contribution in [1.29, 1.82) is 5.26 Å². The molecule has 1 aromatic carbocycles. The number of hydrogen-bond donors (Lipinski definition) is 2. The van der Waals surface area contributed by atoms with Crippen LogP contribution in [0.15, 0.2) is 18.2 Å². The van der Waals surface area contributed by atoms with Gasteiger partial charge in [0, 0.05) is 17.6 Å². The zero-order chi connectivity index (χ0) is 13.2. The summed E-state index contributed by atoms with van der Waals surface area (Å²) in [5.41, 5.74) is 3.69. The first-order valence-corrected chi connectivity index (χ1v) is 6.83. The number of nitrogens with zero attached hydrogens (tertiary/aromatic N) is 1. The van der Waals surface area contributed by atoms with Gasteiger partial charge in [-0.1, -0.05) is 6.07 Å². The molecule has 1 fully saturated rings. The van der Waals surface area contributed by atoms with Crippen molar-refractivity contribution in [2.24, 2.45) is 5.92 Å². The molecule has 4 nitrogen and oxygen atoms in total. The van der Waals surface area contributed by atoms with E-state index in [9.17, 15) is 4.79 Å². The van der Waals surface area contributed by atoms with E-state index < -0.39 is 0 Å². The van der Waals surface area contributed by atoms with Crippen LogP contribution in [-0.2, 0) is 17.6 Å². The highest BCUT2D eigenvalue weighted by Crippen LogP contribution is 2.29. The third-order valence-corrected chi connectivity index (χ3v) is 4.14. The number of hydrogen-bond acceptors (Lipinski definition) is 3. The number of nitriles is 1. The van der Waals surface area contributed by atoms with Gasteiger partial charge in [-0.05, 0) is 55.4 Å². The maximum absolute atomic E-state index is 12.0. The van der Waals surface area contributed by atoms with Gasteiger partial charge in [0.1, 0.15) is 0 Å². The van der Waals surface area contributed by atoms with E-state index in [1.807, 2.05) is 12.3 Å². The van der Waals surface area contributed by atoms with Crippen molar-refractivity contribution in [1.82, 2.24) is 5.32 Å². The SMILES string of the molecule is N#CN[C@H]1C[C@@H](C(=O)Nc2ccc3c(c2)CCC3)C1. The average Bonchev–Trinajstić information content (AvgIpc) is 2.80. The van der Waals surface area contributed by atoms with E-state index in [1.54, 1.807) is 0 Å². The third-order valence-electron chi connectivity index (χ3n) is 4.14. The van der Waals surface area contributed by atoms with Gasteiger partial charge in [0.15, 0.2) is 6.19 Å². The second-order valence-corrected chi connectivity index (χ2v) is 5.45. The molecule has 1 saturated carbocycles. The van der Waals surface area contributed by atoms with Crippen LogP contribution in [0.3, 0.4) is 0 Å². The Labute approximate surface area is 112 Å². The molecule has 3 rings (SSSR count). The smallest absolute Gasteiger partial charge is 0.227 e. The Bertz CT molecular complexity index is 541. The Morgan fingerprint density at radius 2 is 2.05 bits per heavy atom. The normalized spacial score (nSPS) is 23.9. The van der Waals surface area contributed by atoms with Gasteiger partial charge in [-0.2, -0.15) is 5.26 Å². The summed E-state index contributed by atoms with van der Waals surface area (Å²) in [7, 11) is 0. The van der Waals surface area contributed by atoms with Gasteiger partial charge in [0.05, 0.1) is 0 Å². The molecular formula is C15H17N3O. The highest BCUT2D eigenvalue weighted by molar-refractivity contribution is 5.93. The molecular weight excluding hydrogens is 238 g/mol. The molecule has 0 bridgehead atoms. The molecule has 1 aromatic rings. The first-order valence-electron chi connectivity index (χ1n) is 6.83. The van der Waals surface area contributed by atoms with Gasteiger partial charge >= 0.3 is 0 Å². The maximum Gasteiger partial charge on any atom is 0.227 e. The maximum atomic E-state index is 12.0. The van der Waals surface area contributed by atoms with Crippen LogP contribution < -0.4 is 10.6 Å². The lowest BCUT2D eigenvalue weighted by Gasteiger charge is -2.33. The summed E-state index contributed by atoms with van der Waals surface area (Å²) in [6.45, 7) is 0. The molecule has 19 heavy (non-hydrogen) atoms. The predicted molar refractivity (Wildman–Crippen MR) is 72.4 cm³/mol. The Kier molecular flexibility index (Phi) is 3.12. The fourth-order valence-corrected chi connectivity index (χ4v) is 2.93. The Morgan fingerprint density at radius 3 is 2.84 bits per heavy atom. The van der Waals surface area contributed by atoms with E-state index >= 15 is 0 Å². The Hall–Kier alpha value is -2.02. The lowest BCUT2D eigenvalue weighted by molar-refractivity contribution is -0.122. The predicted octanol–water partition coefficient (Wildman–Crippen LogP) is 1.96. The van der Waals surface area contributed by atoms with Crippen LogP contribution in [-0.4, -0.2) is 11.9 Å². The van der Waals surface area contributed by atoms with Crippen molar-refractivity contribution in [2.75, 3.05) is 5.32 Å². The number of benzene rings is 1. The molecule has 0 heterocycles. The van der Waals surface area contributed by atoms with Crippen molar-refractivity contribution >= 4 is 11.6 Å². The summed E-state index contributed by atoms with van der Waals surface area (Å²) in [4.78, 5) is 12.0. The van der Waals surface area contributed by atoms with Crippen molar-refractivity contribution in [2.45, 2.75) is 38.1 Å². The molecule has 1 amide bonds. The number of carbonyl (C=O) groups is 1. The van der Waals surface area contributed by atoms with Crippen molar-refractivity contribution in [3.8, 4) is 6.19 Å². The zero-order valence-corrected chi connectivity index (χ0v) is 10.8. The zero-order valence-electron chi connectivity index (χ0n) is 10.8. The molecule has 2 aliphatic rings. The molecule has 0 aromatic heterocycles. The molecule has 4 heteroatoms. The first-order chi connectivity index (χ1) is 9.26. The van der Waals surface area contributed by atoms with E-state index in [-0.39, 0.29) is 17.9 Å². The summed E-state index contributed by atoms with van der Waals surface area (Å²) < 4.78 is 0. The van der Waals surface area contributed by atoms with Crippen molar-refractivity contribution in [3.63, 3.8) is 0 Å². The van der Waals surface area contributed by atoms with Gasteiger partial charge < -0.3 is 10.6 Å². The van der Waals surface area contributed by atoms with E-state index in [2.05, 4.69) is 22.8 Å². The van der Waals surface area contributed by atoms with Gasteiger partial charge in [0.25, 0.3) is 0 Å². The van der Waals surface area contributed by atoms with Crippen molar-refractivity contribution in [3.05, 3.63) is 29.3 Å². The first kappa shape index (κ1) is 12.0. The number of rotatable bonds is 3. The Balaban J connectivity index is 1.57. The van der Waals surface area contributed by atoms with Gasteiger partial charge in [-0.3, -0.25) is 4.79 Å². The summed E-state index contributed by atoms with van der Waals surface area (Å²) in [6.07, 6.45) is 6.94. The standard InChI is InChI=1S/C15H17N3O/c16-9-17-14-7-12(8-14)15(19)18-13-5-4-10-2-1-3-11(10)6-13/h4-6,12,14,17H,1-3,7-8H2,(H,18,19)/t12-,14+. The molecule has 0 spiro atoms. The highest BCUT2D eigenvalue weighted by Gasteiger charge is 2.34. The fraction of sp³-hybridized carbons (Fsp3) is 0.467. The lowest BCUT2D eigenvalue weighted by Crippen LogP contribution is -2.44. The largest absolute Gasteiger partial charge is 0.326 e. The summed E-state index contributed by atoms with van der Waals surface area (Å²) in [6, 6.07) is 6.40.